The highest BCUT2D eigenvalue weighted by molar-refractivity contribution is 7.13. The molecule has 8 heteroatoms. The molecule has 0 saturated heterocycles. The Balaban J connectivity index is 1.75. The van der Waals surface area contributed by atoms with E-state index in [1.807, 2.05) is 48.7 Å². The zero-order valence-corrected chi connectivity index (χ0v) is 17.3. The number of benzene rings is 1. The maximum absolute atomic E-state index is 12.8. The Hall–Kier alpha value is -3.26. The molecule has 0 radical (unpaired) electrons. The van der Waals surface area contributed by atoms with Gasteiger partial charge in [0, 0.05) is 37.3 Å². The van der Waals surface area contributed by atoms with Crippen LogP contribution in [-0.2, 0) is 20.1 Å². The van der Waals surface area contributed by atoms with Gasteiger partial charge in [0.05, 0.1) is 0 Å². The molecule has 0 fully saturated rings. The average Bonchev–Trinajstić information content (AvgIpc) is 3.36. The van der Waals surface area contributed by atoms with Gasteiger partial charge in [-0.15, -0.1) is 11.3 Å². The molecule has 3 aromatic heterocycles. The minimum Gasteiger partial charge on any atom is -0.322 e. The van der Waals surface area contributed by atoms with Gasteiger partial charge in [0.1, 0.15) is 10.8 Å². The Labute approximate surface area is 171 Å². The van der Waals surface area contributed by atoms with Crippen molar-refractivity contribution in [2.24, 2.45) is 7.05 Å². The van der Waals surface area contributed by atoms with Crippen LogP contribution < -0.4 is 11.2 Å². The first-order valence-electron chi connectivity index (χ1n) is 9.43. The van der Waals surface area contributed by atoms with Gasteiger partial charge in [0.15, 0.2) is 11.2 Å². The van der Waals surface area contributed by atoms with Gasteiger partial charge < -0.3 is 4.57 Å². The summed E-state index contributed by atoms with van der Waals surface area (Å²) in [5, 5.41) is 2.94. The zero-order valence-electron chi connectivity index (χ0n) is 16.5. The maximum atomic E-state index is 12.8. The molecule has 0 aliphatic heterocycles. The molecule has 0 bridgehead atoms. The van der Waals surface area contributed by atoms with Crippen LogP contribution in [0.5, 0.6) is 0 Å². The van der Waals surface area contributed by atoms with Gasteiger partial charge in [-0.2, -0.15) is 0 Å². The lowest BCUT2D eigenvalue weighted by Crippen LogP contribution is -2.39. The molecule has 3 heterocycles. The standard InChI is InChI=1S/C21H21N5O2S/c1-4-25-18-17(20(27)26(5-2)21(25)28)24(3)16(23-18)11-8-14-6-9-15(10-7-14)19-22-12-13-29-19/h6-13H,4-5H2,1-3H3/b11-8+. The van der Waals surface area contributed by atoms with E-state index in [2.05, 4.69) is 9.97 Å². The van der Waals surface area contributed by atoms with Crippen LogP contribution in [0.2, 0.25) is 0 Å². The van der Waals surface area contributed by atoms with Crippen LogP contribution in [0.4, 0.5) is 0 Å². The van der Waals surface area contributed by atoms with Gasteiger partial charge >= 0.3 is 5.69 Å². The summed E-state index contributed by atoms with van der Waals surface area (Å²) in [6.45, 7) is 4.45. The largest absolute Gasteiger partial charge is 0.332 e. The monoisotopic (exact) mass is 407 g/mol. The Kier molecular flexibility index (Phi) is 5.02. The van der Waals surface area contributed by atoms with Crippen molar-refractivity contribution in [1.29, 1.82) is 0 Å². The van der Waals surface area contributed by atoms with Crippen LogP contribution in [0.3, 0.4) is 0 Å². The molecule has 0 atom stereocenters. The minimum atomic E-state index is -0.320. The molecule has 1 aromatic carbocycles. The number of aromatic nitrogens is 5. The van der Waals surface area contributed by atoms with Crippen molar-refractivity contribution in [3.05, 3.63) is 68.1 Å². The van der Waals surface area contributed by atoms with E-state index in [1.54, 1.807) is 40.6 Å². The zero-order chi connectivity index (χ0) is 20.5. The fourth-order valence-electron chi connectivity index (χ4n) is 3.37. The molecule has 29 heavy (non-hydrogen) atoms. The predicted octanol–water partition coefficient (Wildman–Crippen LogP) is 3.23. The molecule has 148 valence electrons. The van der Waals surface area contributed by atoms with Gasteiger partial charge in [0.2, 0.25) is 0 Å². The van der Waals surface area contributed by atoms with Gasteiger partial charge in [-0.3, -0.25) is 13.9 Å². The minimum absolute atomic E-state index is 0.306. The molecule has 0 spiro atoms. The third-order valence-electron chi connectivity index (χ3n) is 4.92. The lowest BCUT2D eigenvalue weighted by molar-refractivity contribution is 0.604. The van der Waals surface area contributed by atoms with Crippen LogP contribution in [0.15, 0.2) is 45.4 Å². The first-order chi connectivity index (χ1) is 14.0. The van der Waals surface area contributed by atoms with E-state index in [4.69, 9.17) is 0 Å². The molecule has 0 amide bonds. The predicted molar refractivity (Wildman–Crippen MR) is 117 cm³/mol. The number of hydrogen-bond acceptors (Lipinski definition) is 5. The summed E-state index contributed by atoms with van der Waals surface area (Å²) in [6, 6.07) is 8.09. The number of rotatable bonds is 5. The highest BCUT2D eigenvalue weighted by Gasteiger charge is 2.17. The number of aryl methyl sites for hydroxylation is 2. The van der Waals surface area contributed by atoms with Crippen molar-refractivity contribution in [2.45, 2.75) is 26.9 Å². The van der Waals surface area contributed by atoms with E-state index < -0.39 is 0 Å². The van der Waals surface area contributed by atoms with Crippen molar-refractivity contribution in [3.63, 3.8) is 0 Å². The normalized spacial score (nSPS) is 11.7. The summed E-state index contributed by atoms with van der Waals surface area (Å²) in [6.07, 6.45) is 5.60. The second-order valence-electron chi connectivity index (χ2n) is 6.57. The molecule has 0 unspecified atom stereocenters. The van der Waals surface area contributed by atoms with Crippen molar-refractivity contribution in [3.8, 4) is 10.6 Å². The summed E-state index contributed by atoms with van der Waals surface area (Å²) in [5.74, 6) is 0.622. The maximum Gasteiger partial charge on any atom is 0.332 e. The number of fused-ring (bicyclic) bond motifs is 1. The van der Waals surface area contributed by atoms with Gasteiger partial charge in [0.25, 0.3) is 5.56 Å². The van der Waals surface area contributed by atoms with Crippen molar-refractivity contribution >= 4 is 34.7 Å². The molecule has 0 N–H and O–H groups in total. The quantitative estimate of drug-likeness (QED) is 0.509. The molecule has 7 nitrogen and oxygen atoms in total. The highest BCUT2D eigenvalue weighted by Crippen LogP contribution is 2.22. The van der Waals surface area contributed by atoms with Crippen LogP contribution in [0.25, 0.3) is 33.9 Å². The molecule has 0 aliphatic carbocycles. The second-order valence-corrected chi connectivity index (χ2v) is 7.46. The second kappa shape index (κ2) is 7.63. The first-order valence-corrected chi connectivity index (χ1v) is 10.3. The average molecular weight is 407 g/mol. The van der Waals surface area contributed by atoms with E-state index in [-0.39, 0.29) is 11.2 Å². The SMILES string of the molecule is CCn1c(=O)c2c(nc(/C=C/c3ccc(-c4nccs4)cc3)n2C)n(CC)c1=O. The summed E-state index contributed by atoms with van der Waals surface area (Å²) in [5.41, 5.74) is 2.32. The fraction of sp³-hybridized carbons (Fsp3) is 0.238. The van der Waals surface area contributed by atoms with Crippen LogP contribution in [0, 0.1) is 0 Å². The number of hydrogen-bond donors (Lipinski definition) is 0. The summed E-state index contributed by atoms with van der Waals surface area (Å²) < 4.78 is 4.54. The third-order valence-corrected chi connectivity index (χ3v) is 5.75. The van der Waals surface area contributed by atoms with Crippen LogP contribution in [0.1, 0.15) is 25.2 Å². The lowest BCUT2D eigenvalue weighted by atomic mass is 10.1. The Morgan fingerprint density at radius 1 is 1.03 bits per heavy atom. The van der Waals surface area contributed by atoms with Crippen molar-refractivity contribution < 1.29 is 0 Å². The van der Waals surface area contributed by atoms with Crippen LogP contribution in [-0.4, -0.2) is 23.7 Å². The van der Waals surface area contributed by atoms with Crippen LogP contribution >= 0.6 is 11.3 Å². The van der Waals surface area contributed by atoms with Gasteiger partial charge in [-0.05, 0) is 25.5 Å². The third kappa shape index (κ3) is 3.25. The summed E-state index contributed by atoms with van der Waals surface area (Å²) in [4.78, 5) is 34.2. The number of imidazole rings is 1. The summed E-state index contributed by atoms with van der Waals surface area (Å²) in [7, 11) is 1.80. The Morgan fingerprint density at radius 3 is 2.38 bits per heavy atom. The molecule has 0 aliphatic rings. The van der Waals surface area contributed by atoms with E-state index in [9.17, 15) is 9.59 Å². The smallest absolute Gasteiger partial charge is 0.322 e. The van der Waals surface area contributed by atoms with E-state index in [0.717, 1.165) is 16.1 Å². The fourth-order valence-corrected chi connectivity index (χ4v) is 4.01. The van der Waals surface area contributed by atoms with Crippen molar-refractivity contribution in [1.82, 2.24) is 23.7 Å². The van der Waals surface area contributed by atoms with E-state index >= 15 is 0 Å². The molecular formula is C21H21N5O2S. The topological polar surface area (TPSA) is 74.7 Å². The number of thiazole rings is 1. The van der Waals surface area contributed by atoms with Gasteiger partial charge in [-0.1, -0.05) is 30.3 Å². The molecule has 0 saturated carbocycles. The Bertz CT molecular complexity index is 1310. The van der Waals surface area contributed by atoms with Gasteiger partial charge in [-0.25, -0.2) is 14.8 Å². The Morgan fingerprint density at radius 2 is 1.76 bits per heavy atom. The highest BCUT2D eigenvalue weighted by atomic mass is 32.1. The van der Waals surface area contributed by atoms with Crippen molar-refractivity contribution in [2.75, 3.05) is 0 Å². The lowest BCUT2D eigenvalue weighted by Gasteiger charge is -2.08. The molecular weight excluding hydrogens is 386 g/mol. The molecule has 4 rings (SSSR count). The van der Waals surface area contributed by atoms with E-state index in [0.29, 0.717) is 30.1 Å². The number of nitrogens with zero attached hydrogens (tertiary/aromatic N) is 5. The van der Waals surface area contributed by atoms with E-state index in [1.165, 1.54) is 4.57 Å². The molecule has 4 aromatic rings. The first kappa shape index (κ1) is 19.1. The summed E-state index contributed by atoms with van der Waals surface area (Å²) >= 11 is 1.60.